The third-order valence-corrected chi connectivity index (χ3v) is 5.17. The van der Waals surface area contributed by atoms with Crippen molar-refractivity contribution in [2.45, 2.75) is 31.3 Å². The van der Waals surface area contributed by atoms with E-state index in [1.165, 1.54) is 30.2 Å². The van der Waals surface area contributed by atoms with Gasteiger partial charge in [-0.25, -0.2) is 4.79 Å². The molecule has 1 atom stereocenters. The summed E-state index contributed by atoms with van der Waals surface area (Å²) < 4.78 is 4.81. The number of amides is 3. The molecule has 2 aliphatic rings. The molecule has 4 rings (SSSR count). The largest absolute Gasteiger partial charge is 0.467 e. The third kappa shape index (κ3) is 3.63. The summed E-state index contributed by atoms with van der Waals surface area (Å²) in [6.45, 7) is 0. The van der Waals surface area contributed by atoms with Crippen LogP contribution < -0.4 is 5.32 Å². The van der Waals surface area contributed by atoms with Crippen LogP contribution in [0.3, 0.4) is 0 Å². The maximum absolute atomic E-state index is 12.8. The second-order valence-corrected chi connectivity index (χ2v) is 7.21. The van der Waals surface area contributed by atoms with Gasteiger partial charge in [0.2, 0.25) is 0 Å². The number of methoxy groups -OCH3 is 1. The number of ether oxygens (including phenoxy) is 1. The molecule has 148 valence electrons. The van der Waals surface area contributed by atoms with Crippen LogP contribution in [0.15, 0.2) is 48.5 Å². The molecule has 0 spiro atoms. The van der Waals surface area contributed by atoms with E-state index in [0.29, 0.717) is 5.56 Å². The molecule has 29 heavy (non-hydrogen) atoms. The molecule has 0 aromatic heterocycles. The molecular weight excluding hydrogens is 372 g/mol. The fourth-order valence-electron chi connectivity index (χ4n) is 3.49. The number of imide groups is 1. The normalized spacial score (nSPS) is 16.4. The summed E-state index contributed by atoms with van der Waals surface area (Å²) in [7, 11) is 1.26. The maximum atomic E-state index is 12.8. The smallest absolute Gasteiger partial charge is 0.328 e. The van der Waals surface area contributed by atoms with Crippen LogP contribution in [-0.4, -0.2) is 47.8 Å². The van der Waals surface area contributed by atoms with Gasteiger partial charge in [0.1, 0.15) is 6.04 Å². The first-order valence-corrected chi connectivity index (χ1v) is 9.44. The summed E-state index contributed by atoms with van der Waals surface area (Å²) in [6.07, 6.45) is 1.91. The molecule has 2 aromatic carbocycles. The Bertz CT molecular complexity index is 998. The van der Waals surface area contributed by atoms with Gasteiger partial charge in [-0.05, 0) is 36.6 Å². The first-order chi connectivity index (χ1) is 14.0. The van der Waals surface area contributed by atoms with Crippen LogP contribution >= 0.6 is 0 Å². The van der Waals surface area contributed by atoms with Crippen molar-refractivity contribution in [2.24, 2.45) is 0 Å². The van der Waals surface area contributed by atoms with Crippen LogP contribution in [0.25, 0.3) is 0 Å². The van der Waals surface area contributed by atoms with Crippen LogP contribution in [0, 0.1) is 0 Å². The molecule has 0 bridgehead atoms. The van der Waals surface area contributed by atoms with E-state index in [9.17, 15) is 19.2 Å². The van der Waals surface area contributed by atoms with Crippen molar-refractivity contribution < 1.29 is 23.9 Å². The number of nitrogens with one attached hydrogen (secondary N) is 1. The highest BCUT2D eigenvalue weighted by molar-refractivity contribution is 6.22. The molecule has 1 N–H and O–H groups in total. The Morgan fingerprint density at radius 2 is 1.76 bits per heavy atom. The van der Waals surface area contributed by atoms with Crippen LogP contribution in [-0.2, 0) is 16.0 Å². The first-order valence-electron chi connectivity index (χ1n) is 9.44. The molecule has 1 fully saturated rings. The van der Waals surface area contributed by atoms with E-state index >= 15 is 0 Å². The zero-order chi connectivity index (χ0) is 20.5. The molecule has 1 heterocycles. The highest BCUT2D eigenvalue weighted by Crippen LogP contribution is 2.34. The molecule has 7 heteroatoms. The Balaban J connectivity index is 1.54. The molecule has 3 amide bonds. The van der Waals surface area contributed by atoms with Crippen molar-refractivity contribution in [2.75, 3.05) is 7.11 Å². The van der Waals surface area contributed by atoms with E-state index in [2.05, 4.69) is 5.32 Å². The molecule has 0 saturated heterocycles. The Kier molecular flexibility index (Phi) is 4.88. The number of nitrogens with zero attached hydrogens (tertiary/aromatic N) is 1. The Morgan fingerprint density at radius 3 is 2.41 bits per heavy atom. The van der Waals surface area contributed by atoms with Crippen LogP contribution in [0.1, 0.15) is 49.5 Å². The summed E-state index contributed by atoms with van der Waals surface area (Å²) in [5.41, 5.74) is 1.63. The number of benzene rings is 2. The van der Waals surface area contributed by atoms with Gasteiger partial charge in [0, 0.05) is 18.0 Å². The second kappa shape index (κ2) is 7.50. The Labute approximate surface area is 167 Å². The molecule has 7 nitrogen and oxygen atoms in total. The van der Waals surface area contributed by atoms with E-state index in [1.54, 1.807) is 0 Å². The van der Waals surface area contributed by atoms with E-state index < -0.39 is 17.9 Å². The minimum absolute atomic E-state index is 0.0331. The number of fused-ring (bicyclic) bond motifs is 1. The molecule has 2 aromatic rings. The lowest BCUT2D eigenvalue weighted by Gasteiger charge is -2.17. The topological polar surface area (TPSA) is 92.8 Å². The highest BCUT2D eigenvalue weighted by atomic mass is 16.5. The molecule has 1 saturated carbocycles. The van der Waals surface area contributed by atoms with Gasteiger partial charge in [0.15, 0.2) is 0 Å². The zero-order valence-electron chi connectivity index (χ0n) is 15.9. The Hall–Kier alpha value is -3.48. The van der Waals surface area contributed by atoms with Gasteiger partial charge in [-0.1, -0.05) is 30.3 Å². The second-order valence-electron chi connectivity index (χ2n) is 7.21. The standard InChI is InChI=1S/C22H20N2O5/c1-29-22(28)18(11-13-5-3-2-4-6-13)23-19(25)14-7-10-16-17(12-14)21(27)24(20(16)26)15-8-9-15/h2-7,10,12,15,18H,8-9,11H2,1H3,(H,23,25)/t18-/m1/s1. The molecule has 0 radical (unpaired) electrons. The van der Waals surface area contributed by atoms with E-state index in [0.717, 1.165) is 18.4 Å². The van der Waals surface area contributed by atoms with Crippen molar-refractivity contribution in [3.05, 3.63) is 70.8 Å². The minimum atomic E-state index is -0.872. The van der Waals surface area contributed by atoms with Crippen molar-refractivity contribution in [3.63, 3.8) is 0 Å². The lowest BCUT2D eigenvalue weighted by Crippen LogP contribution is -2.43. The number of hydrogen-bond acceptors (Lipinski definition) is 5. The molecule has 1 aliphatic carbocycles. The van der Waals surface area contributed by atoms with E-state index in [-0.39, 0.29) is 35.4 Å². The predicted molar refractivity (Wildman–Crippen MR) is 103 cm³/mol. The van der Waals surface area contributed by atoms with Gasteiger partial charge in [-0.15, -0.1) is 0 Å². The fourth-order valence-corrected chi connectivity index (χ4v) is 3.49. The van der Waals surface area contributed by atoms with E-state index in [1.807, 2.05) is 30.3 Å². The van der Waals surface area contributed by atoms with Crippen molar-refractivity contribution in [1.82, 2.24) is 10.2 Å². The first kappa shape index (κ1) is 18.9. The van der Waals surface area contributed by atoms with E-state index in [4.69, 9.17) is 4.74 Å². The molecular formula is C22H20N2O5. The SMILES string of the molecule is COC(=O)[C@@H](Cc1ccccc1)NC(=O)c1ccc2c(c1)C(=O)N(C1CC1)C2=O. The lowest BCUT2D eigenvalue weighted by molar-refractivity contribution is -0.142. The number of carbonyl (C=O) groups excluding carboxylic acids is 4. The van der Waals surface area contributed by atoms with Crippen molar-refractivity contribution in [3.8, 4) is 0 Å². The van der Waals surface area contributed by atoms with Crippen LogP contribution in [0.5, 0.6) is 0 Å². The van der Waals surface area contributed by atoms with Crippen LogP contribution in [0.2, 0.25) is 0 Å². The Morgan fingerprint density at radius 1 is 1.07 bits per heavy atom. The quantitative estimate of drug-likeness (QED) is 0.599. The van der Waals surface area contributed by atoms with Gasteiger partial charge in [0.05, 0.1) is 18.2 Å². The zero-order valence-corrected chi connectivity index (χ0v) is 15.9. The minimum Gasteiger partial charge on any atom is -0.467 e. The number of hydrogen-bond donors (Lipinski definition) is 1. The summed E-state index contributed by atoms with van der Waals surface area (Å²) in [6, 6.07) is 12.8. The average Bonchev–Trinajstić information content (AvgIpc) is 3.54. The summed E-state index contributed by atoms with van der Waals surface area (Å²) in [4.78, 5) is 51.2. The van der Waals surface area contributed by atoms with Crippen molar-refractivity contribution in [1.29, 1.82) is 0 Å². The predicted octanol–water partition coefficient (Wildman–Crippen LogP) is 1.96. The van der Waals surface area contributed by atoms with Crippen LogP contribution in [0.4, 0.5) is 0 Å². The molecule has 1 aliphatic heterocycles. The number of carbonyl (C=O) groups is 4. The van der Waals surface area contributed by atoms with Gasteiger partial charge >= 0.3 is 5.97 Å². The van der Waals surface area contributed by atoms with Gasteiger partial charge in [0.25, 0.3) is 17.7 Å². The summed E-state index contributed by atoms with van der Waals surface area (Å²) in [5, 5.41) is 2.67. The van der Waals surface area contributed by atoms with Gasteiger partial charge in [-0.3, -0.25) is 19.3 Å². The monoisotopic (exact) mass is 392 g/mol. The van der Waals surface area contributed by atoms with Gasteiger partial charge in [-0.2, -0.15) is 0 Å². The number of esters is 1. The molecule has 0 unspecified atom stereocenters. The summed E-state index contributed by atoms with van der Waals surface area (Å²) >= 11 is 0. The number of rotatable bonds is 6. The lowest BCUT2D eigenvalue weighted by atomic mass is 10.0. The maximum Gasteiger partial charge on any atom is 0.328 e. The van der Waals surface area contributed by atoms with Crippen molar-refractivity contribution >= 4 is 23.7 Å². The third-order valence-electron chi connectivity index (χ3n) is 5.17. The van der Waals surface area contributed by atoms with Gasteiger partial charge < -0.3 is 10.1 Å². The highest BCUT2D eigenvalue weighted by Gasteiger charge is 2.44. The summed E-state index contributed by atoms with van der Waals surface area (Å²) in [5.74, 6) is -1.74. The average molecular weight is 392 g/mol. The fraction of sp³-hybridized carbons (Fsp3) is 0.273.